The molecule has 0 bridgehead atoms. The zero-order chi connectivity index (χ0) is 20.6. The van der Waals surface area contributed by atoms with Crippen LogP contribution in [0.25, 0.3) is 0 Å². The van der Waals surface area contributed by atoms with E-state index in [1.165, 1.54) is 0 Å². The first-order valence-electron chi connectivity index (χ1n) is 9.59. The standard InChI is InChI=1S/C21H32N4O3/c1-6-13-27-18-10-8-7-9-16(18)14-23-19(22-5)25-12-11-17(15-25)24-20(26)28-21(2,3)4/h6-10,17H,1,11-15H2,2-5H3,(H,22,23)(H,24,26). The number of likely N-dealkylation sites (tertiary alicyclic amines) is 1. The zero-order valence-electron chi connectivity index (χ0n) is 17.3. The van der Waals surface area contributed by atoms with Crippen LogP contribution in [0.4, 0.5) is 4.79 Å². The second-order valence-electron chi connectivity index (χ2n) is 7.69. The zero-order valence-corrected chi connectivity index (χ0v) is 17.3. The molecular weight excluding hydrogens is 356 g/mol. The molecule has 1 aromatic rings. The van der Waals surface area contributed by atoms with Crippen LogP contribution in [0.3, 0.4) is 0 Å². The number of alkyl carbamates (subject to hydrolysis) is 1. The van der Waals surface area contributed by atoms with Crippen LogP contribution in [0, 0.1) is 0 Å². The number of ether oxygens (including phenoxy) is 2. The van der Waals surface area contributed by atoms with Gasteiger partial charge in [-0.2, -0.15) is 0 Å². The number of nitrogens with one attached hydrogen (secondary N) is 2. The molecule has 0 saturated carbocycles. The van der Waals surface area contributed by atoms with Crippen molar-refractivity contribution in [3.8, 4) is 5.75 Å². The molecule has 7 nitrogen and oxygen atoms in total. The van der Waals surface area contributed by atoms with E-state index in [4.69, 9.17) is 9.47 Å². The number of hydrogen-bond acceptors (Lipinski definition) is 4. The average Bonchev–Trinajstić information content (AvgIpc) is 3.07. The Morgan fingerprint density at radius 1 is 1.39 bits per heavy atom. The molecule has 0 radical (unpaired) electrons. The SMILES string of the molecule is C=CCOc1ccccc1CNC(=NC)N1CCC(NC(=O)OC(C)(C)C)C1. The van der Waals surface area contributed by atoms with E-state index >= 15 is 0 Å². The molecule has 154 valence electrons. The summed E-state index contributed by atoms with van der Waals surface area (Å²) in [5.41, 5.74) is 0.550. The Labute approximate surface area is 167 Å². The van der Waals surface area contributed by atoms with Crippen molar-refractivity contribution in [3.05, 3.63) is 42.5 Å². The van der Waals surface area contributed by atoms with Gasteiger partial charge in [-0.15, -0.1) is 0 Å². The number of guanidine groups is 1. The highest BCUT2D eigenvalue weighted by atomic mass is 16.6. The van der Waals surface area contributed by atoms with Crippen LogP contribution in [-0.2, 0) is 11.3 Å². The summed E-state index contributed by atoms with van der Waals surface area (Å²) in [6.07, 6.45) is 2.19. The molecule has 1 aliphatic heterocycles. The van der Waals surface area contributed by atoms with Crippen LogP contribution in [0.15, 0.2) is 41.9 Å². The number of para-hydroxylation sites is 1. The summed E-state index contributed by atoms with van der Waals surface area (Å²) >= 11 is 0. The quantitative estimate of drug-likeness (QED) is 0.445. The molecule has 1 fully saturated rings. The van der Waals surface area contributed by atoms with Gasteiger partial charge in [-0.1, -0.05) is 30.9 Å². The third kappa shape index (κ3) is 6.79. The molecule has 1 atom stereocenters. The molecule has 2 N–H and O–H groups in total. The van der Waals surface area contributed by atoms with Crippen LogP contribution in [-0.4, -0.2) is 55.3 Å². The van der Waals surface area contributed by atoms with Crippen molar-refractivity contribution in [3.63, 3.8) is 0 Å². The second-order valence-corrected chi connectivity index (χ2v) is 7.69. The van der Waals surface area contributed by atoms with Crippen molar-refractivity contribution in [1.29, 1.82) is 0 Å². The molecule has 0 aliphatic carbocycles. The van der Waals surface area contributed by atoms with E-state index in [0.29, 0.717) is 19.7 Å². The maximum absolute atomic E-state index is 12.0. The fourth-order valence-corrected chi connectivity index (χ4v) is 2.99. The fraction of sp³-hybridized carbons (Fsp3) is 0.524. The monoisotopic (exact) mass is 388 g/mol. The molecule has 1 unspecified atom stereocenters. The van der Waals surface area contributed by atoms with Gasteiger partial charge in [0, 0.05) is 32.2 Å². The minimum Gasteiger partial charge on any atom is -0.489 e. The highest BCUT2D eigenvalue weighted by molar-refractivity contribution is 5.80. The Hall–Kier alpha value is -2.70. The molecule has 7 heteroatoms. The fourth-order valence-electron chi connectivity index (χ4n) is 2.99. The molecule has 1 aliphatic rings. The summed E-state index contributed by atoms with van der Waals surface area (Å²) in [6.45, 7) is 11.8. The minimum absolute atomic E-state index is 0.0385. The Kier molecular flexibility index (Phi) is 7.72. The Morgan fingerprint density at radius 2 is 2.14 bits per heavy atom. The second kappa shape index (κ2) is 10.0. The van der Waals surface area contributed by atoms with E-state index in [0.717, 1.165) is 30.2 Å². The lowest BCUT2D eigenvalue weighted by atomic mass is 10.2. The molecular formula is C21H32N4O3. The first-order valence-corrected chi connectivity index (χ1v) is 9.59. The Balaban J connectivity index is 1.88. The van der Waals surface area contributed by atoms with Crippen molar-refractivity contribution in [1.82, 2.24) is 15.5 Å². The van der Waals surface area contributed by atoms with E-state index in [9.17, 15) is 4.79 Å². The molecule has 0 spiro atoms. The van der Waals surface area contributed by atoms with Gasteiger partial charge in [-0.3, -0.25) is 4.99 Å². The third-order valence-electron chi connectivity index (χ3n) is 4.19. The molecule has 2 rings (SSSR count). The average molecular weight is 389 g/mol. The lowest BCUT2D eigenvalue weighted by Gasteiger charge is -2.23. The van der Waals surface area contributed by atoms with Crippen molar-refractivity contribution < 1.29 is 14.3 Å². The number of benzene rings is 1. The predicted octanol–water partition coefficient (Wildman–Crippen LogP) is 2.93. The van der Waals surface area contributed by atoms with Crippen LogP contribution in [0.1, 0.15) is 32.8 Å². The summed E-state index contributed by atoms with van der Waals surface area (Å²) in [4.78, 5) is 18.5. The Bertz CT molecular complexity index is 697. The van der Waals surface area contributed by atoms with E-state index in [-0.39, 0.29) is 12.1 Å². The van der Waals surface area contributed by atoms with E-state index in [1.54, 1.807) is 13.1 Å². The summed E-state index contributed by atoms with van der Waals surface area (Å²) < 4.78 is 11.0. The molecule has 1 amide bonds. The minimum atomic E-state index is -0.499. The van der Waals surface area contributed by atoms with Crippen LogP contribution in [0.2, 0.25) is 0 Å². The van der Waals surface area contributed by atoms with Gasteiger partial charge < -0.3 is 25.0 Å². The first-order chi connectivity index (χ1) is 13.3. The lowest BCUT2D eigenvalue weighted by molar-refractivity contribution is 0.0507. The number of hydrogen-bond donors (Lipinski definition) is 2. The number of amides is 1. The van der Waals surface area contributed by atoms with Gasteiger partial charge in [0.15, 0.2) is 5.96 Å². The van der Waals surface area contributed by atoms with E-state index < -0.39 is 5.60 Å². The topological polar surface area (TPSA) is 75.2 Å². The van der Waals surface area contributed by atoms with Gasteiger partial charge in [0.1, 0.15) is 18.0 Å². The molecule has 0 aromatic heterocycles. The van der Waals surface area contributed by atoms with E-state index in [1.807, 2.05) is 45.0 Å². The summed E-state index contributed by atoms with van der Waals surface area (Å²) in [5.74, 6) is 1.63. The number of nitrogens with zero attached hydrogens (tertiary/aromatic N) is 2. The van der Waals surface area contributed by atoms with Crippen LogP contribution < -0.4 is 15.4 Å². The molecule has 1 aromatic carbocycles. The number of carbonyl (C=O) groups is 1. The van der Waals surface area contributed by atoms with E-state index in [2.05, 4.69) is 27.1 Å². The van der Waals surface area contributed by atoms with Crippen molar-refractivity contribution in [2.24, 2.45) is 4.99 Å². The van der Waals surface area contributed by atoms with Gasteiger partial charge in [0.2, 0.25) is 0 Å². The predicted molar refractivity (Wildman–Crippen MR) is 112 cm³/mol. The van der Waals surface area contributed by atoms with Crippen LogP contribution >= 0.6 is 0 Å². The molecule has 1 saturated heterocycles. The van der Waals surface area contributed by atoms with Gasteiger partial charge in [-0.25, -0.2) is 4.79 Å². The molecule has 1 heterocycles. The lowest BCUT2D eigenvalue weighted by Crippen LogP contribution is -2.44. The van der Waals surface area contributed by atoms with Crippen molar-refractivity contribution >= 4 is 12.1 Å². The van der Waals surface area contributed by atoms with Gasteiger partial charge >= 0.3 is 6.09 Å². The smallest absolute Gasteiger partial charge is 0.407 e. The largest absolute Gasteiger partial charge is 0.489 e. The number of carbonyl (C=O) groups excluding carboxylic acids is 1. The normalized spacial score (nSPS) is 17.2. The number of rotatable bonds is 6. The van der Waals surface area contributed by atoms with Gasteiger partial charge in [0.05, 0.1) is 6.04 Å². The van der Waals surface area contributed by atoms with Gasteiger partial charge in [0.25, 0.3) is 0 Å². The summed E-state index contributed by atoms with van der Waals surface area (Å²) in [7, 11) is 1.76. The van der Waals surface area contributed by atoms with Gasteiger partial charge in [-0.05, 0) is 33.3 Å². The van der Waals surface area contributed by atoms with Crippen LogP contribution in [0.5, 0.6) is 5.75 Å². The van der Waals surface area contributed by atoms with Crippen molar-refractivity contribution in [2.45, 2.75) is 45.4 Å². The maximum atomic E-state index is 12.0. The summed E-state index contributed by atoms with van der Waals surface area (Å²) in [6, 6.07) is 7.94. The highest BCUT2D eigenvalue weighted by Crippen LogP contribution is 2.18. The number of aliphatic imine (C=N–C) groups is 1. The van der Waals surface area contributed by atoms with Crippen molar-refractivity contribution in [2.75, 3.05) is 26.7 Å². The summed E-state index contributed by atoms with van der Waals surface area (Å²) in [5, 5.41) is 6.32. The maximum Gasteiger partial charge on any atom is 0.407 e. The molecule has 28 heavy (non-hydrogen) atoms. The third-order valence-corrected chi connectivity index (χ3v) is 4.19. The first kappa shape index (κ1) is 21.6. The Morgan fingerprint density at radius 3 is 2.82 bits per heavy atom. The highest BCUT2D eigenvalue weighted by Gasteiger charge is 2.27.